The molecule has 0 atom stereocenters. The maximum absolute atomic E-state index is 14.2. The summed E-state index contributed by atoms with van der Waals surface area (Å²) < 4.78 is 40.5. The summed E-state index contributed by atoms with van der Waals surface area (Å²) in [6, 6.07) is 16.9. The summed E-state index contributed by atoms with van der Waals surface area (Å²) >= 11 is 1.72. The van der Waals surface area contributed by atoms with Crippen molar-refractivity contribution in [2.45, 2.75) is 71.1 Å². The highest BCUT2D eigenvalue weighted by molar-refractivity contribution is 7.22. The Morgan fingerprint density at radius 3 is 2.41 bits per heavy atom. The van der Waals surface area contributed by atoms with Gasteiger partial charge in [-0.15, -0.1) is 11.3 Å². The van der Waals surface area contributed by atoms with E-state index < -0.39 is 5.92 Å². The molecule has 0 amide bonds. The molecule has 2 aromatic carbocycles. The van der Waals surface area contributed by atoms with Crippen molar-refractivity contribution in [3.63, 3.8) is 0 Å². The van der Waals surface area contributed by atoms with Gasteiger partial charge in [0.15, 0.2) is 5.78 Å². The maximum Gasteiger partial charge on any atom is 0.248 e. The third-order valence-electron chi connectivity index (χ3n) is 6.36. The Balaban J connectivity index is 1.42. The highest BCUT2D eigenvalue weighted by Gasteiger charge is 2.27. The molecule has 0 radical (unpaired) electrons. The summed E-state index contributed by atoms with van der Waals surface area (Å²) in [7, 11) is 0. The number of unbranched alkanes of at least 4 members (excludes halogenated alkanes) is 2. The second-order valence-electron chi connectivity index (χ2n) is 9.59. The number of hydrogen-bond donors (Lipinski definition) is 0. The summed E-state index contributed by atoms with van der Waals surface area (Å²) in [6.45, 7) is 7.74. The van der Waals surface area contributed by atoms with Crippen LogP contribution in [0.2, 0.25) is 0 Å². The number of ether oxygens (including phenoxy) is 2. The lowest BCUT2D eigenvalue weighted by Gasteiger charge is -2.16. The Morgan fingerprint density at radius 1 is 0.973 bits per heavy atom. The first kappa shape index (κ1) is 29.0. The predicted octanol–water partition coefficient (Wildman–Crippen LogP) is 9.04. The van der Waals surface area contributed by atoms with Gasteiger partial charge in [-0.05, 0) is 73.4 Å². The number of aryl methyl sites for hydroxylation is 1. The van der Waals surface area contributed by atoms with Gasteiger partial charge in [-0.25, -0.2) is 8.78 Å². The van der Waals surface area contributed by atoms with Crippen LogP contribution in [0.5, 0.6) is 5.75 Å². The number of fused-ring (bicyclic) bond motifs is 1. The van der Waals surface area contributed by atoms with Gasteiger partial charge in [0, 0.05) is 34.6 Å². The van der Waals surface area contributed by atoms with E-state index in [0.717, 1.165) is 16.5 Å². The van der Waals surface area contributed by atoms with Gasteiger partial charge in [-0.1, -0.05) is 50.6 Å². The van der Waals surface area contributed by atoms with Gasteiger partial charge in [0.05, 0.1) is 13.2 Å². The molecule has 200 valence electrons. The molecule has 0 saturated heterocycles. The Kier molecular flexibility index (Phi) is 11.3. The number of alkyl halides is 2. The van der Waals surface area contributed by atoms with E-state index in [-0.39, 0.29) is 51.3 Å². The van der Waals surface area contributed by atoms with E-state index in [9.17, 15) is 13.6 Å². The molecule has 3 aromatic rings. The van der Waals surface area contributed by atoms with Crippen LogP contribution in [0.1, 0.15) is 64.4 Å². The zero-order chi connectivity index (χ0) is 26.7. The molecule has 6 heteroatoms. The molecule has 37 heavy (non-hydrogen) atoms. The van der Waals surface area contributed by atoms with Crippen molar-refractivity contribution >= 4 is 27.2 Å². The summed E-state index contributed by atoms with van der Waals surface area (Å²) in [5.74, 6) is -2.20. The molecule has 0 bridgehead atoms. The predicted molar refractivity (Wildman–Crippen MR) is 150 cm³/mol. The van der Waals surface area contributed by atoms with Gasteiger partial charge in [0.1, 0.15) is 5.75 Å². The molecular formula is C31H38F2O3S. The van der Waals surface area contributed by atoms with Gasteiger partial charge >= 0.3 is 0 Å². The normalized spacial score (nSPS) is 11.7. The van der Waals surface area contributed by atoms with Crippen molar-refractivity contribution in [1.82, 2.24) is 0 Å². The van der Waals surface area contributed by atoms with Crippen LogP contribution in [0.15, 0.2) is 60.7 Å². The molecule has 0 unspecified atom stereocenters. The van der Waals surface area contributed by atoms with Gasteiger partial charge in [0.25, 0.3) is 0 Å². The van der Waals surface area contributed by atoms with Crippen molar-refractivity contribution in [3.8, 4) is 16.2 Å². The molecule has 0 N–H and O–H groups in total. The molecule has 0 aliphatic carbocycles. The van der Waals surface area contributed by atoms with Crippen LogP contribution in [-0.4, -0.2) is 31.5 Å². The highest BCUT2D eigenvalue weighted by atomic mass is 32.1. The van der Waals surface area contributed by atoms with Gasteiger partial charge in [-0.2, -0.15) is 0 Å². The molecule has 1 heterocycles. The quantitative estimate of drug-likeness (QED) is 0.129. The number of rotatable bonds is 17. The lowest BCUT2D eigenvalue weighted by Crippen LogP contribution is -2.18. The standard InChI is InChI=1S/C31H38F2O3S/c1-4-5-6-9-25-10-12-26(13-11-25)29-20-27-14-15-28(21-30(27)37-29)36-19-8-17-31(32,33)16-7-18-35-22-23(2)24(3)34/h10-15,20-21H,2,4-9,16-19,22H2,1,3H3. The van der Waals surface area contributed by atoms with E-state index in [2.05, 4.69) is 43.8 Å². The van der Waals surface area contributed by atoms with Crippen molar-refractivity contribution in [3.05, 3.63) is 66.2 Å². The number of ketones is 1. The number of halogens is 2. The first-order valence-corrected chi connectivity index (χ1v) is 14.0. The number of Topliss-reactive ketones (excluding diaryl/α,β-unsaturated/α-hetero) is 1. The molecule has 0 fully saturated rings. The van der Waals surface area contributed by atoms with E-state index in [0.29, 0.717) is 11.3 Å². The molecule has 1 aromatic heterocycles. The average molecular weight is 529 g/mol. The zero-order valence-electron chi connectivity index (χ0n) is 22.0. The Hall–Kier alpha value is -2.57. The van der Waals surface area contributed by atoms with Crippen LogP contribution in [0.3, 0.4) is 0 Å². The third kappa shape index (κ3) is 9.67. The zero-order valence-corrected chi connectivity index (χ0v) is 22.8. The summed E-state index contributed by atoms with van der Waals surface area (Å²) in [5.41, 5.74) is 2.94. The molecular weight excluding hydrogens is 490 g/mol. The maximum atomic E-state index is 14.2. The van der Waals surface area contributed by atoms with Crippen LogP contribution in [0, 0.1) is 0 Å². The van der Waals surface area contributed by atoms with Crippen molar-refractivity contribution < 1.29 is 23.0 Å². The van der Waals surface area contributed by atoms with E-state index in [1.54, 1.807) is 11.3 Å². The number of hydrogen-bond acceptors (Lipinski definition) is 4. The Bertz CT molecular complexity index is 1150. The van der Waals surface area contributed by atoms with Crippen LogP contribution in [-0.2, 0) is 16.0 Å². The monoisotopic (exact) mass is 528 g/mol. The fraction of sp³-hybridized carbons (Fsp3) is 0.452. The van der Waals surface area contributed by atoms with Crippen molar-refractivity contribution in [2.24, 2.45) is 0 Å². The van der Waals surface area contributed by atoms with Crippen LogP contribution >= 0.6 is 11.3 Å². The third-order valence-corrected chi connectivity index (χ3v) is 7.51. The molecule has 3 nitrogen and oxygen atoms in total. The summed E-state index contributed by atoms with van der Waals surface area (Å²) in [4.78, 5) is 12.3. The first-order valence-electron chi connectivity index (χ1n) is 13.2. The van der Waals surface area contributed by atoms with Crippen LogP contribution in [0.4, 0.5) is 8.78 Å². The number of benzene rings is 2. The minimum absolute atomic E-state index is 0.0935. The molecule has 0 saturated carbocycles. The Morgan fingerprint density at radius 2 is 1.70 bits per heavy atom. The highest BCUT2D eigenvalue weighted by Crippen LogP contribution is 2.36. The van der Waals surface area contributed by atoms with E-state index in [4.69, 9.17) is 9.47 Å². The minimum atomic E-state index is -2.76. The molecule has 0 aliphatic heterocycles. The van der Waals surface area contributed by atoms with Gasteiger partial charge in [0.2, 0.25) is 5.92 Å². The second kappa shape index (κ2) is 14.4. The number of carbonyl (C=O) groups is 1. The van der Waals surface area contributed by atoms with Gasteiger partial charge < -0.3 is 9.47 Å². The fourth-order valence-corrected chi connectivity index (χ4v) is 5.13. The van der Waals surface area contributed by atoms with E-state index in [1.165, 1.54) is 42.2 Å². The van der Waals surface area contributed by atoms with E-state index >= 15 is 0 Å². The van der Waals surface area contributed by atoms with Crippen molar-refractivity contribution in [1.29, 1.82) is 0 Å². The average Bonchev–Trinajstić information content (AvgIpc) is 3.30. The smallest absolute Gasteiger partial charge is 0.248 e. The van der Waals surface area contributed by atoms with Crippen LogP contribution < -0.4 is 4.74 Å². The summed E-state index contributed by atoms with van der Waals surface area (Å²) in [6.07, 6.45) is 4.88. The minimum Gasteiger partial charge on any atom is -0.494 e. The lowest BCUT2D eigenvalue weighted by atomic mass is 10.0. The number of carbonyl (C=O) groups excluding carboxylic acids is 1. The van der Waals surface area contributed by atoms with Gasteiger partial charge in [-0.3, -0.25) is 4.79 Å². The topological polar surface area (TPSA) is 35.5 Å². The fourth-order valence-electron chi connectivity index (χ4n) is 4.03. The first-order chi connectivity index (χ1) is 17.8. The number of thiophene rings is 1. The molecule has 3 rings (SSSR count). The summed E-state index contributed by atoms with van der Waals surface area (Å²) in [5, 5.41) is 1.15. The second-order valence-corrected chi connectivity index (χ2v) is 10.7. The Labute approximate surface area is 223 Å². The van der Waals surface area contributed by atoms with Crippen LogP contribution in [0.25, 0.3) is 20.5 Å². The molecule has 0 spiro atoms. The van der Waals surface area contributed by atoms with Crippen molar-refractivity contribution in [2.75, 3.05) is 19.8 Å². The SMILES string of the molecule is C=C(COCCCC(F)(F)CCCOc1ccc2cc(-c3ccc(CCCCC)cc3)sc2c1)C(C)=O. The van der Waals surface area contributed by atoms with E-state index in [1.807, 2.05) is 18.2 Å². The molecule has 0 aliphatic rings. The lowest BCUT2D eigenvalue weighted by molar-refractivity contribution is -0.114. The largest absolute Gasteiger partial charge is 0.494 e.